The van der Waals surface area contributed by atoms with Crippen molar-refractivity contribution < 1.29 is 31.9 Å². The molecule has 48 heavy (non-hydrogen) atoms. The van der Waals surface area contributed by atoms with E-state index < -0.39 is 40.2 Å². The second kappa shape index (κ2) is 15.8. The fraction of sp³-hybridized carbons (Fsp3) is 0.297. The molecule has 1 N–H and O–H groups in total. The third kappa shape index (κ3) is 8.71. The van der Waals surface area contributed by atoms with Crippen LogP contribution in [0, 0.1) is 19.7 Å². The minimum atomic E-state index is -4.40. The standard InChI is InChI=1S/C37H42FN3O6S/c1-25(2)39-37(43)33(21-28-12-8-7-9-13-28)40(23-29-14-10-11-15-32(29)38)36(42)24-41(30-19-26(3)18-27(4)20-30)48(44,45)31-16-17-34(46-5)35(22-31)47-6/h7-20,22,25,33H,21,23-24H2,1-6H3,(H,39,43). The zero-order valence-electron chi connectivity index (χ0n) is 28.1. The molecular formula is C37H42FN3O6S. The van der Waals surface area contributed by atoms with E-state index in [0.717, 1.165) is 21.0 Å². The molecule has 1 atom stereocenters. The summed E-state index contributed by atoms with van der Waals surface area (Å²) in [6.45, 7) is 6.32. The predicted octanol–water partition coefficient (Wildman–Crippen LogP) is 5.82. The minimum Gasteiger partial charge on any atom is -0.493 e. The highest BCUT2D eigenvalue weighted by Crippen LogP contribution is 2.33. The highest BCUT2D eigenvalue weighted by molar-refractivity contribution is 7.92. The molecule has 4 aromatic rings. The first-order chi connectivity index (χ1) is 22.8. The number of ether oxygens (including phenoxy) is 2. The first-order valence-corrected chi connectivity index (χ1v) is 17.0. The number of carbonyl (C=O) groups is 2. The summed E-state index contributed by atoms with van der Waals surface area (Å²) < 4.78 is 55.7. The number of hydrogen-bond acceptors (Lipinski definition) is 6. The van der Waals surface area contributed by atoms with Gasteiger partial charge >= 0.3 is 0 Å². The molecule has 4 aromatic carbocycles. The van der Waals surface area contributed by atoms with Crippen molar-refractivity contribution in [2.75, 3.05) is 25.1 Å². The van der Waals surface area contributed by atoms with Crippen LogP contribution >= 0.6 is 0 Å². The highest BCUT2D eigenvalue weighted by Gasteiger charge is 2.35. The Hall–Kier alpha value is -4.90. The molecule has 9 nitrogen and oxygen atoms in total. The average molecular weight is 676 g/mol. The van der Waals surface area contributed by atoms with Crippen molar-refractivity contribution >= 4 is 27.5 Å². The van der Waals surface area contributed by atoms with Crippen molar-refractivity contribution in [2.45, 2.75) is 57.6 Å². The van der Waals surface area contributed by atoms with Crippen LogP contribution in [0.1, 0.15) is 36.1 Å². The van der Waals surface area contributed by atoms with E-state index in [2.05, 4.69) is 5.32 Å². The van der Waals surface area contributed by atoms with E-state index in [9.17, 15) is 18.0 Å². The first kappa shape index (κ1) is 35.9. The van der Waals surface area contributed by atoms with Gasteiger partial charge in [-0.3, -0.25) is 13.9 Å². The van der Waals surface area contributed by atoms with Crippen LogP contribution in [0.3, 0.4) is 0 Å². The Morgan fingerprint density at radius 1 is 0.833 bits per heavy atom. The van der Waals surface area contributed by atoms with Crippen molar-refractivity contribution in [1.82, 2.24) is 10.2 Å². The number of nitrogens with zero attached hydrogens (tertiary/aromatic N) is 2. The lowest BCUT2D eigenvalue weighted by Gasteiger charge is -2.34. The predicted molar refractivity (Wildman–Crippen MR) is 184 cm³/mol. The van der Waals surface area contributed by atoms with Gasteiger partial charge < -0.3 is 19.7 Å². The molecule has 0 aliphatic heterocycles. The molecule has 254 valence electrons. The third-order valence-corrected chi connectivity index (χ3v) is 9.49. The number of halogens is 1. The van der Waals surface area contributed by atoms with Crippen LogP contribution in [0.4, 0.5) is 10.1 Å². The van der Waals surface area contributed by atoms with Crippen LogP contribution < -0.4 is 19.1 Å². The normalized spacial score (nSPS) is 11.9. The van der Waals surface area contributed by atoms with E-state index in [0.29, 0.717) is 5.75 Å². The van der Waals surface area contributed by atoms with Crippen LogP contribution in [0.2, 0.25) is 0 Å². The largest absolute Gasteiger partial charge is 0.493 e. The summed E-state index contributed by atoms with van der Waals surface area (Å²) in [6, 6.07) is 23.3. The van der Waals surface area contributed by atoms with Gasteiger partial charge in [-0.25, -0.2) is 12.8 Å². The third-order valence-electron chi connectivity index (χ3n) is 7.72. The van der Waals surface area contributed by atoms with Crippen molar-refractivity contribution in [1.29, 1.82) is 0 Å². The molecule has 0 bridgehead atoms. The van der Waals surface area contributed by atoms with E-state index in [4.69, 9.17) is 9.47 Å². The van der Waals surface area contributed by atoms with Gasteiger partial charge in [-0.1, -0.05) is 54.6 Å². The Morgan fingerprint density at radius 2 is 1.46 bits per heavy atom. The number of hydrogen-bond donors (Lipinski definition) is 1. The van der Waals surface area contributed by atoms with Gasteiger partial charge in [-0.05, 0) is 74.7 Å². The summed E-state index contributed by atoms with van der Waals surface area (Å²) in [5, 5.41) is 2.89. The van der Waals surface area contributed by atoms with Crippen LogP contribution in [0.15, 0.2) is 95.9 Å². The Bertz CT molecular complexity index is 1830. The fourth-order valence-corrected chi connectivity index (χ4v) is 6.89. The second-order valence-corrected chi connectivity index (χ2v) is 13.7. The van der Waals surface area contributed by atoms with Gasteiger partial charge in [0, 0.05) is 30.6 Å². The summed E-state index contributed by atoms with van der Waals surface area (Å²) in [5.41, 5.74) is 2.78. The van der Waals surface area contributed by atoms with Crippen LogP contribution in [-0.2, 0) is 32.6 Å². The van der Waals surface area contributed by atoms with Gasteiger partial charge in [0.1, 0.15) is 18.4 Å². The fourth-order valence-electron chi connectivity index (χ4n) is 5.47. The van der Waals surface area contributed by atoms with Gasteiger partial charge in [-0.2, -0.15) is 0 Å². The number of amides is 2. The molecule has 0 spiro atoms. The molecule has 0 aliphatic rings. The molecule has 1 unspecified atom stereocenters. The molecule has 0 saturated carbocycles. The van der Waals surface area contributed by atoms with Crippen molar-refractivity contribution in [2.24, 2.45) is 0 Å². The molecular weight excluding hydrogens is 633 g/mol. The van der Waals surface area contributed by atoms with E-state index in [-0.39, 0.29) is 40.9 Å². The summed E-state index contributed by atoms with van der Waals surface area (Å²) >= 11 is 0. The quantitative estimate of drug-likeness (QED) is 0.181. The maximum atomic E-state index is 15.1. The summed E-state index contributed by atoms with van der Waals surface area (Å²) in [5.74, 6) is -1.16. The zero-order chi connectivity index (χ0) is 35.0. The van der Waals surface area contributed by atoms with Crippen molar-refractivity contribution in [3.8, 4) is 11.5 Å². The monoisotopic (exact) mass is 675 g/mol. The second-order valence-electron chi connectivity index (χ2n) is 11.9. The number of anilines is 1. The number of sulfonamides is 1. The van der Waals surface area contributed by atoms with Crippen LogP contribution in [0.5, 0.6) is 11.5 Å². The zero-order valence-corrected chi connectivity index (χ0v) is 28.9. The maximum Gasteiger partial charge on any atom is 0.264 e. The SMILES string of the molecule is COc1ccc(S(=O)(=O)N(CC(=O)N(Cc2ccccc2F)C(Cc2ccccc2)C(=O)NC(C)C)c2cc(C)cc(C)c2)cc1OC. The average Bonchev–Trinajstić information content (AvgIpc) is 3.05. The molecule has 11 heteroatoms. The van der Waals surface area contributed by atoms with Gasteiger partial charge in [-0.15, -0.1) is 0 Å². The minimum absolute atomic E-state index is 0.117. The van der Waals surface area contributed by atoms with Crippen molar-refractivity contribution in [3.63, 3.8) is 0 Å². The molecule has 0 aromatic heterocycles. The molecule has 0 fully saturated rings. The topological polar surface area (TPSA) is 105 Å². The maximum absolute atomic E-state index is 15.1. The van der Waals surface area contributed by atoms with E-state index in [1.165, 1.54) is 55.5 Å². The molecule has 2 amide bonds. The molecule has 0 saturated heterocycles. The number of rotatable bonds is 14. The number of aryl methyl sites for hydroxylation is 2. The van der Waals surface area contributed by atoms with Gasteiger partial charge in [0.25, 0.3) is 10.0 Å². The lowest BCUT2D eigenvalue weighted by atomic mass is 10.0. The summed E-state index contributed by atoms with van der Waals surface area (Å²) in [7, 11) is -1.56. The Morgan fingerprint density at radius 3 is 2.06 bits per heavy atom. The summed E-state index contributed by atoms with van der Waals surface area (Å²) in [6.07, 6.45) is 0.117. The smallest absolute Gasteiger partial charge is 0.264 e. The van der Waals surface area contributed by atoms with E-state index in [1.54, 1.807) is 32.0 Å². The van der Waals surface area contributed by atoms with Crippen molar-refractivity contribution in [3.05, 3.63) is 119 Å². The molecule has 0 aliphatic carbocycles. The molecule has 0 radical (unpaired) electrons. The Labute approximate surface area is 282 Å². The van der Waals surface area contributed by atoms with Gasteiger partial charge in [0.05, 0.1) is 24.8 Å². The number of benzene rings is 4. The first-order valence-electron chi connectivity index (χ1n) is 15.5. The lowest BCUT2D eigenvalue weighted by molar-refractivity contribution is -0.140. The van der Waals surface area contributed by atoms with E-state index in [1.807, 2.05) is 50.2 Å². The van der Waals surface area contributed by atoms with E-state index >= 15 is 4.39 Å². The van der Waals surface area contributed by atoms with Crippen LogP contribution in [0.25, 0.3) is 0 Å². The Kier molecular flexibility index (Phi) is 11.8. The summed E-state index contributed by atoms with van der Waals surface area (Å²) in [4.78, 5) is 29.6. The lowest BCUT2D eigenvalue weighted by Crippen LogP contribution is -2.54. The molecule has 0 heterocycles. The van der Waals surface area contributed by atoms with Crippen LogP contribution in [-0.4, -0.2) is 58.0 Å². The molecule has 4 rings (SSSR count). The van der Waals surface area contributed by atoms with Gasteiger partial charge in [0.15, 0.2) is 11.5 Å². The number of carbonyl (C=O) groups excluding carboxylic acids is 2. The number of nitrogens with one attached hydrogen (secondary N) is 1. The highest BCUT2D eigenvalue weighted by atomic mass is 32.2. The Balaban J connectivity index is 1.86. The number of methoxy groups -OCH3 is 2. The van der Waals surface area contributed by atoms with Gasteiger partial charge in [0.2, 0.25) is 11.8 Å².